The van der Waals surface area contributed by atoms with Crippen molar-refractivity contribution >= 4 is 23.2 Å². The molecule has 6 heteroatoms. The third-order valence-corrected chi connectivity index (χ3v) is 4.80. The number of amides is 1. The average Bonchev–Trinajstić information content (AvgIpc) is 3.21. The molecule has 0 aromatic carbocycles. The molecule has 1 saturated heterocycles. The highest BCUT2D eigenvalue weighted by Crippen LogP contribution is 2.17. The van der Waals surface area contributed by atoms with Crippen LogP contribution in [0, 0.1) is 0 Å². The standard InChI is InChI=1S/C16H26N4OS/c1-4-15(21)20-7-5-14(10-20)19-16(17-3)18-9-12(2)13-6-8-22-11-13/h6,8,11-12,14H,4-5,7,9-10H2,1-3H3,(H2,17,18,19). The summed E-state index contributed by atoms with van der Waals surface area (Å²) in [6.45, 7) is 6.58. The second kappa shape index (κ2) is 8.17. The molecule has 0 bridgehead atoms. The lowest BCUT2D eigenvalue weighted by Crippen LogP contribution is -2.45. The van der Waals surface area contributed by atoms with Crippen LogP contribution in [0.2, 0.25) is 0 Å². The number of rotatable bonds is 5. The van der Waals surface area contributed by atoms with Gasteiger partial charge < -0.3 is 15.5 Å². The van der Waals surface area contributed by atoms with Crippen LogP contribution in [0.5, 0.6) is 0 Å². The summed E-state index contributed by atoms with van der Waals surface area (Å²) in [4.78, 5) is 17.9. The minimum absolute atomic E-state index is 0.235. The van der Waals surface area contributed by atoms with E-state index in [9.17, 15) is 4.79 Å². The number of likely N-dealkylation sites (tertiary alicyclic amines) is 1. The molecular formula is C16H26N4OS. The molecule has 5 nitrogen and oxygen atoms in total. The minimum Gasteiger partial charge on any atom is -0.356 e. The number of hydrogen-bond donors (Lipinski definition) is 2. The molecule has 22 heavy (non-hydrogen) atoms. The molecule has 2 heterocycles. The number of carbonyl (C=O) groups excluding carboxylic acids is 1. The van der Waals surface area contributed by atoms with Crippen LogP contribution in [0.3, 0.4) is 0 Å². The topological polar surface area (TPSA) is 56.7 Å². The van der Waals surface area contributed by atoms with Crippen molar-refractivity contribution in [3.05, 3.63) is 22.4 Å². The molecule has 1 aromatic rings. The van der Waals surface area contributed by atoms with Gasteiger partial charge in [-0.2, -0.15) is 11.3 Å². The van der Waals surface area contributed by atoms with Crippen molar-refractivity contribution in [2.75, 3.05) is 26.7 Å². The number of nitrogens with zero attached hydrogens (tertiary/aromatic N) is 2. The molecular weight excluding hydrogens is 296 g/mol. The van der Waals surface area contributed by atoms with E-state index in [1.165, 1.54) is 5.56 Å². The summed E-state index contributed by atoms with van der Waals surface area (Å²) in [5, 5.41) is 11.1. The summed E-state index contributed by atoms with van der Waals surface area (Å²) in [5.74, 6) is 1.50. The Hall–Kier alpha value is -1.56. The lowest BCUT2D eigenvalue weighted by Gasteiger charge is -2.20. The Labute approximate surface area is 136 Å². The zero-order valence-corrected chi connectivity index (χ0v) is 14.4. The molecule has 0 spiro atoms. The highest BCUT2D eigenvalue weighted by Gasteiger charge is 2.25. The van der Waals surface area contributed by atoms with Crippen molar-refractivity contribution < 1.29 is 4.79 Å². The van der Waals surface area contributed by atoms with Gasteiger partial charge in [-0.1, -0.05) is 13.8 Å². The van der Waals surface area contributed by atoms with E-state index in [0.717, 1.165) is 32.0 Å². The molecule has 0 radical (unpaired) electrons. The Morgan fingerprint density at radius 2 is 2.41 bits per heavy atom. The minimum atomic E-state index is 0.235. The highest BCUT2D eigenvalue weighted by atomic mass is 32.1. The van der Waals surface area contributed by atoms with E-state index in [2.05, 4.69) is 39.4 Å². The lowest BCUT2D eigenvalue weighted by molar-refractivity contribution is -0.129. The van der Waals surface area contributed by atoms with E-state index >= 15 is 0 Å². The van der Waals surface area contributed by atoms with Crippen LogP contribution in [0.4, 0.5) is 0 Å². The third-order valence-electron chi connectivity index (χ3n) is 4.10. The van der Waals surface area contributed by atoms with Crippen LogP contribution in [0.25, 0.3) is 0 Å². The molecule has 1 aliphatic rings. The summed E-state index contributed by atoms with van der Waals surface area (Å²) in [6, 6.07) is 2.46. The van der Waals surface area contributed by atoms with E-state index in [4.69, 9.17) is 0 Å². The molecule has 2 atom stereocenters. The van der Waals surface area contributed by atoms with Crippen molar-refractivity contribution in [3.63, 3.8) is 0 Å². The van der Waals surface area contributed by atoms with Gasteiger partial charge in [0.05, 0.1) is 0 Å². The maximum Gasteiger partial charge on any atom is 0.222 e. The van der Waals surface area contributed by atoms with Gasteiger partial charge in [0.1, 0.15) is 0 Å². The van der Waals surface area contributed by atoms with Crippen molar-refractivity contribution in [2.24, 2.45) is 4.99 Å². The molecule has 0 aliphatic carbocycles. The fraction of sp³-hybridized carbons (Fsp3) is 0.625. The van der Waals surface area contributed by atoms with Gasteiger partial charge in [0.15, 0.2) is 5.96 Å². The Balaban J connectivity index is 1.77. The zero-order chi connectivity index (χ0) is 15.9. The number of nitrogens with one attached hydrogen (secondary N) is 2. The van der Waals surface area contributed by atoms with Crippen molar-refractivity contribution in [1.29, 1.82) is 0 Å². The Morgan fingerprint density at radius 3 is 3.05 bits per heavy atom. The first-order valence-electron chi connectivity index (χ1n) is 7.91. The fourth-order valence-electron chi connectivity index (χ4n) is 2.64. The van der Waals surface area contributed by atoms with Gasteiger partial charge in [-0.25, -0.2) is 0 Å². The first-order valence-corrected chi connectivity index (χ1v) is 8.85. The van der Waals surface area contributed by atoms with Crippen LogP contribution >= 0.6 is 11.3 Å². The lowest BCUT2D eigenvalue weighted by atomic mass is 10.1. The van der Waals surface area contributed by atoms with E-state index in [-0.39, 0.29) is 11.9 Å². The van der Waals surface area contributed by atoms with Crippen molar-refractivity contribution in [3.8, 4) is 0 Å². The van der Waals surface area contributed by atoms with Crippen LogP contribution in [0.15, 0.2) is 21.8 Å². The van der Waals surface area contributed by atoms with Crippen LogP contribution in [-0.2, 0) is 4.79 Å². The van der Waals surface area contributed by atoms with E-state index < -0.39 is 0 Å². The van der Waals surface area contributed by atoms with Crippen LogP contribution in [-0.4, -0.2) is 49.5 Å². The summed E-state index contributed by atoms with van der Waals surface area (Å²) in [6.07, 6.45) is 1.56. The quantitative estimate of drug-likeness (QED) is 0.644. The van der Waals surface area contributed by atoms with Gasteiger partial charge in [-0.15, -0.1) is 0 Å². The fourth-order valence-corrected chi connectivity index (χ4v) is 3.42. The molecule has 2 N–H and O–H groups in total. The predicted molar refractivity (Wildman–Crippen MR) is 92.5 cm³/mol. The number of carbonyl (C=O) groups is 1. The van der Waals surface area contributed by atoms with Gasteiger partial charge in [-0.05, 0) is 34.7 Å². The third kappa shape index (κ3) is 4.47. The maximum absolute atomic E-state index is 11.7. The van der Waals surface area contributed by atoms with E-state index in [0.29, 0.717) is 12.3 Å². The van der Waals surface area contributed by atoms with Gasteiger partial charge in [0.2, 0.25) is 5.91 Å². The average molecular weight is 322 g/mol. The molecule has 2 rings (SSSR count). The zero-order valence-electron chi connectivity index (χ0n) is 13.6. The number of hydrogen-bond acceptors (Lipinski definition) is 3. The number of aliphatic imine (C=N–C) groups is 1. The Morgan fingerprint density at radius 1 is 1.59 bits per heavy atom. The largest absolute Gasteiger partial charge is 0.356 e. The number of guanidine groups is 1. The van der Waals surface area contributed by atoms with E-state index in [1.807, 2.05) is 11.8 Å². The highest BCUT2D eigenvalue weighted by molar-refractivity contribution is 7.07. The van der Waals surface area contributed by atoms with Gasteiger partial charge >= 0.3 is 0 Å². The molecule has 1 aromatic heterocycles. The van der Waals surface area contributed by atoms with Gasteiger partial charge in [-0.3, -0.25) is 9.79 Å². The predicted octanol–water partition coefficient (Wildman–Crippen LogP) is 2.03. The monoisotopic (exact) mass is 322 g/mol. The Bertz CT molecular complexity index is 500. The van der Waals surface area contributed by atoms with Crippen molar-refractivity contribution in [1.82, 2.24) is 15.5 Å². The van der Waals surface area contributed by atoms with E-state index in [1.54, 1.807) is 18.4 Å². The summed E-state index contributed by atoms with van der Waals surface area (Å²) >= 11 is 1.73. The van der Waals surface area contributed by atoms with Gasteiger partial charge in [0, 0.05) is 39.1 Å². The number of thiophene rings is 1. The van der Waals surface area contributed by atoms with Crippen LogP contribution < -0.4 is 10.6 Å². The summed E-state index contributed by atoms with van der Waals surface area (Å²) in [7, 11) is 1.79. The van der Waals surface area contributed by atoms with Crippen LogP contribution in [0.1, 0.15) is 38.2 Å². The second-order valence-electron chi connectivity index (χ2n) is 5.73. The molecule has 122 valence electrons. The summed E-state index contributed by atoms with van der Waals surface area (Å²) in [5.41, 5.74) is 1.36. The SMILES string of the molecule is CCC(=O)N1CCC(NC(=NC)NCC(C)c2ccsc2)C1. The molecule has 1 aliphatic heterocycles. The maximum atomic E-state index is 11.7. The molecule has 1 amide bonds. The smallest absolute Gasteiger partial charge is 0.222 e. The molecule has 1 fully saturated rings. The first-order chi connectivity index (χ1) is 10.6. The van der Waals surface area contributed by atoms with Crippen molar-refractivity contribution in [2.45, 2.75) is 38.6 Å². The Kier molecular flexibility index (Phi) is 6.24. The molecule has 0 saturated carbocycles. The molecule has 2 unspecified atom stereocenters. The normalized spacial score (nSPS) is 20.0. The summed E-state index contributed by atoms with van der Waals surface area (Å²) < 4.78 is 0. The van der Waals surface area contributed by atoms with Gasteiger partial charge in [0.25, 0.3) is 0 Å². The first kappa shape index (κ1) is 16.8. The second-order valence-corrected chi connectivity index (χ2v) is 6.51.